The summed E-state index contributed by atoms with van der Waals surface area (Å²) in [7, 11) is 0. The smallest absolute Gasteiger partial charge is 0.220 e. The highest BCUT2D eigenvalue weighted by molar-refractivity contribution is 5.83. The van der Waals surface area contributed by atoms with Crippen molar-refractivity contribution in [2.24, 2.45) is 5.73 Å². The van der Waals surface area contributed by atoms with Gasteiger partial charge >= 0.3 is 0 Å². The van der Waals surface area contributed by atoms with Crippen molar-refractivity contribution < 1.29 is 4.79 Å². The van der Waals surface area contributed by atoms with Crippen LogP contribution in [-0.4, -0.2) is 23.5 Å². The molecule has 0 spiro atoms. The first kappa shape index (κ1) is 13.6. The molecule has 0 aliphatic carbocycles. The van der Waals surface area contributed by atoms with Gasteiger partial charge in [0, 0.05) is 36.1 Å². The number of benzene rings is 1. The van der Waals surface area contributed by atoms with Gasteiger partial charge in [0.05, 0.1) is 0 Å². The topological polar surface area (TPSA) is 70.9 Å². The van der Waals surface area contributed by atoms with Crippen LogP contribution < -0.4 is 11.1 Å². The first-order valence-electron chi connectivity index (χ1n) is 6.75. The maximum Gasteiger partial charge on any atom is 0.220 e. The predicted molar refractivity (Wildman–Crippen MR) is 77.9 cm³/mol. The molecular formula is C15H21N3O. The van der Waals surface area contributed by atoms with E-state index in [4.69, 9.17) is 5.73 Å². The van der Waals surface area contributed by atoms with Crippen LogP contribution in [0.4, 0.5) is 0 Å². The molecule has 1 amide bonds. The molecule has 1 aromatic heterocycles. The van der Waals surface area contributed by atoms with Gasteiger partial charge in [0.1, 0.15) is 0 Å². The predicted octanol–water partition coefficient (Wildman–Crippen LogP) is 1.95. The Bertz CT molecular complexity index is 547. The summed E-state index contributed by atoms with van der Waals surface area (Å²) >= 11 is 0. The molecule has 1 aromatic carbocycles. The highest BCUT2D eigenvalue weighted by atomic mass is 16.1. The van der Waals surface area contributed by atoms with Crippen molar-refractivity contribution in [1.82, 2.24) is 10.3 Å². The molecule has 0 saturated carbocycles. The number of hydrogen-bond donors (Lipinski definition) is 3. The second kappa shape index (κ2) is 6.38. The fraction of sp³-hybridized carbons (Fsp3) is 0.400. The van der Waals surface area contributed by atoms with Crippen molar-refractivity contribution in [3.8, 4) is 0 Å². The maximum atomic E-state index is 11.6. The van der Waals surface area contributed by atoms with Crippen molar-refractivity contribution in [3.05, 3.63) is 36.0 Å². The minimum absolute atomic E-state index is 0.0561. The molecule has 4 N–H and O–H groups in total. The van der Waals surface area contributed by atoms with E-state index in [-0.39, 0.29) is 11.9 Å². The van der Waals surface area contributed by atoms with Gasteiger partial charge in [0.2, 0.25) is 5.91 Å². The number of rotatable bonds is 6. The molecule has 0 bridgehead atoms. The summed E-state index contributed by atoms with van der Waals surface area (Å²) in [5.74, 6) is 0.0813. The van der Waals surface area contributed by atoms with E-state index < -0.39 is 0 Å². The van der Waals surface area contributed by atoms with Crippen molar-refractivity contribution in [2.75, 3.05) is 6.54 Å². The number of carbonyl (C=O) groups is 1. The summed E-state index contributed by atoms with van der Waals surface area (Å²) in [6, 6.07) is 8.28. The summed E-state index contributed by atoms with van der Waals surface area (Å²) in [4.78, 5) is 14.9. The van der Waals surface area contributed by atoms with Crippen LogP contribution in [0.1, 0.15) is 25.3 Å². The SMILES string of the molecule is C[C@H](CN)NC(=O)CCCc1c[nH]c2ccccc12. The van der Waals surface area contributed by atoms with Crippen LogP contribution >= 0.6 is 0 Å². The molecule has 102 valence electrons. The second-order valence-corrected chi connectivity index (χ2v) is 4.92. The Balaban J connectivity index is 1.84. The molecule has 0 aliphatic rings. The Morgan fingerprint density at radius 3 is 3.00 bits per heavy atom. The molecule has 0 unspecified atom stereocenters. The van der Waals surface area contributed by atoms with Crippen molar-refractivity contribution in [1.29, 1.82) is 0 Å². The molecular weight excluding hydrogens is 238 g/mol. The fourth-order valence-electron chi connectivity index (χ4n) is 2.18. The van der Waals surface area contributed by atoms with Crippen LogP contribution in [0.5, 0.6) is 0 Å². The third-order valence-corrected chi connectivity index (χ3v) is 3.29. The molecule has 1 heterocycles. The maximum absolute atomic E-state index is 11.6. The number of aromatic amines is 1. The summed E-state index contributed by atoms with van der Waals surface area (Å²) in [6.07, 6.45) is 4.34. The average molecular weight is 259 g/mol. The van der Waals surface area contributed by atoms with E-state index >= 15 is 0 Å². The van der Waals surface area contributed by atoms with Crippen LogP contribution in [-0.2, 0) is 11.2 Å². The van der Waals surface area contributed by atoms with Crippen molar-refractivity contribution in [3.63, 3.8) is 0 Å². The van der Waals surface area contributed by atoms with Gasteiger partial charge in [-0.1, -0.05) is 18.2 Å². The number of carbonyl (C=O) groups excluding carboxylic acids is 1. The third kappa shape index (κ3) is 3.58. The number of H-pyrrole nitrogens is 1. The van der Waals surface area contributed by atoms with Gasteiger partial charge in [-0.25, -0.2) is 0 Å². The lowest BCUT2D eigenvalue weighted by atomic mass is 10.1. The van der Waals surface area contributed by atoms with Crippen molar-refractivity contribution in [2.45, 2.75) is 32.2 Å². The lowest BCUT2D eigenvalue weighted by Gasteiger charge is -2.10. The van der Waals surface area contributed by atoms with Gasteiger partial charge in [-0.3, -0.25) is 4.79 Å². The van der Waals surface area contributed by atoms with Gasteiger partial charge in [-0.05, 0) is 31.4 Å². The van der Waals surface area contributed by atoms with Gasteiger partial charge < -0.3 is 16.0 Å². The zero-order chi connectivity index (χ0) is 13.7. The Morgan fingerprint density at radius 1 is 1.42 bits per heavy atom. The normalized spacial score (nSPS) is 12.5. The molecule has 19 heavy (non-hydrogen) atoms. The van der Waals surface area contributed by atoms with E-state index in [1.54, 1.807) is 0 Å². The highest BCUT2D eigenvalue weighted by Gasteiger charge is 2.07. The number of hydrogen-bond acceptors (Lipinski definition) is 2. The molecule has 0 aliphatic heterocycles. The molecule has 0 radical (unpaired) electrons. The number of fused-ring (bicyclic) bond motifs is 1. The van der Waals surface area contributed by atoms with Gasteiger partial charge in [0.25, 0.3) is 0 Å². The number of aromatic nitrogens is 1. The third-order valence-electron chi connectivity index (χ3n) is 3.29. The largest absolute Gasteiger partial charge is 0.361 e. The number of para-hydroxylation sites is 1. The summed E-state index contributed by atoms with van der Waals surface area (Å²) in [6.45, 7) is 2.39. The standard InChI is InChI=1S/C15H21N3O/c1-11(9-16)18-15(19)8-4-5-12-10-17-14-7-3-2-6-13(12)14/h2-3,6-7,10-11,17H,4-5,8-9,16H2,1H3,(H,18,19)/t11-/m1/s1. The molecule has 0 saturated heterocycles. The van der Waals surface area contributed by atoms with Crippen LogP contribution in [0.3, 0.4) is 0 Å². The molecule has 0 fully saturated rings. The zero-order valence-electron chi connectivity index (χ0n) is 11.3. The second-order valence-electron chi connectivity index (χ2n) is 4.92. The van der Waals surface area contributed by atoms with E-state index in [0.29, 0.717) is 13.0 Å². The van der Waals surface area contributed by atoms with Gasteiger partial charge in [-0.15, -0.1) is 0 Å². The van der Waals surface area contributed by atoms with Crippen LogP contribution in [0.25, 0.3) is 10.9 Å². The van der Waals surface area contributed by atoms with Gasteiger partial charge in [0.15, 0.2) is 0 Å². The van der Waals surface area contributed by atoms with Crippen LogP contribution in [0.2, 0.25) is 0 Å². The minimum Gasteiger partial charge on any atom is -0.361 e. The molecule has 1 atom stereocenters. The van der Waals surface area contributed by atoms with E-state index in [0.717, 1.165) is 18.4 Å². The van der Waals surface area contributed by atoms with E-state index in [9.17, 15) is 4.79 Å². The summed E-state index contributed by atoms with van der Waals surface area (Å²) in [5, 5.41) is 4.12. The minimum atomic E-state index is 0.0561. The van der Waals surface area contributed by atoms with E-state index in [1.807, 2.05) is 25.3 Å². The first-order chi connectivity index (χ1) is 9.20. The number of aryl methyl sites for hydroxylation is 1. The quantitative estimate of drug-likeness (QED) is 0.742. The molecule has 4 nitrogen and oxygen atoms in total. The first-order valence-corrected chi connectivity index (χ1v) is 6.75. The number of nitrogens with two attached hydrogens (primary N) is 1. The van der Waals surface area contributed by atoms with Gasteiger partial charge in [-0.2, -0.15) is 0 Å². The Hall–Kier alpha value is -1.81. The Kier molecular flexibility index (Phi) is 4.58. The fourth-order valence-corrected chi connectivity index (χ4v) is 2.18. The summed E-state index contributed by atoms with van der Waals surface area (Å²) in [5.41, 5.74) is 7.89. The molecule has 4 heteroatoms. The highest BCUT2D eigenvalue weighted by Crippen LogP contribution is 2.19. The van der Waals surface area contributed by atoms with Crippen LogP contribution in [0, 0.1) is 0 Å². The van der Waals surface area contributed by atoms with Crippen LogP contribution in [0.15, 0.2) is 30.5 Å². The lowest BCUT2D eigenvalue weighted by molar-refractivity contribution is -0.121. The Labute approximate surface area is 113 Å². The summed E-state index contributed by atoms with van der Waals surface area (Å²) < 4.78 is 0. The van der Waals surface area contributed by atoms with E-state index in [1.165, 1.54) is 10.9 Å². The average Bonchev–Trinajstić information content (AvgIpc) is 2.82. The number of nitrogens with one attached hydrogen (secondary N) is 2. The number of amides is 1. The Morgan fingerprint density at radius 2 is 2.21 bits per heavy atom. The zero-order valence-corrected chi connectivity index (χ0v) is 11.3. The van der Waals surface area contributed by atoms with Crippen molar-refractivity contribution >= 4 is 16.8 Å². The molecule has 2 rings (SSSR count). The monoisotopic (exact) mass is 259 g/mol. The van der Waals surface area contributed by atoms with E-state index in [2.05, 4.69) is 22.4 Å². The lowest BCUT2D eigenvalue weighted by Crippen LogP contribution is -2.37. The molecule has 2 aromatic rings.